The number of hydrogen-bond donors (Lipinski definition) is 0. The highest BCUT2D eigenvalue weighted by atomic mass is 14.4. The Balaban J connectivity index is 1.36. The van der Waals surface area contributed by atoms with Crippen molar-refractivity contribution >= 4 is 21.5 Å². The topological polar surface area (TPSA) is 0 Å². The molecule has 0 aliphatic heterocycles. The van der Waals surface area contributed by atoms with E-state index in [1.807, 2.05) is 0 Å². The Bertz CT molecular complexity index is 1970. The van der Waals surface area contributed by atoms with Gasteiger partial charge in [-0.05, 0) is 89.3 Å². The number of benzene rings is 6. The number of fused-ring (bicyclic) bond motifs is 10. The third-order valence-corrected chi connectivity index (χ3v) is 9.46. The van der Waals surface area contributed by atoms with Crippen molar-refractivity contribution in [1.82, 2.24) is 0 Å². The molecule has 0 saturated heterocycles. The smallest absolute Gasteiger partial charge is 0.0159 e. The molecule has 38 heavy (non-hydrogen) atoms. The van der Waals surface area contributed by atoms with Gasteiger partial charge in [-0.15, -0.1) is 0 Å². The lowest BCUT2D eigenvalue weighted by Crippen LogP contribution is -2.15. The van der Waals surface area contributed by atoms with Crippen LogP contribution in [0.4, 0.5) is 0 Å². The minimum atomic E-state index is -0.0537. The summed E-state index contributed by atoms with van der Waals surface area (Å²) in [5, 5.41) is 5.32. The van der Waals surface area contributed by atoms with Crippen molar-refractivity contribution < 1.29 is 0 Å². The van der Waals surface area contributed by atoms with Gasteiger partial charge in [-0.3, -0.25) is 0 Å². The van der Waals surface area contributed by atoms with Crippen LogP contribution in [0, 0.1) is 0 Å². The molecule has 0 nitrogen and oxygen atoms in total. The van der Waals surface area contributed by atoms with E-state index in [2.05, 4.69) is 137 Å². The number of hydrogen-bond acceptors (Lipinski definition) is 0. The molecule has 0 heterocycles. The van der Waals surface area contributed by atoms with Crippen LogP contribution < -0.4 is 0 Å². The Morgan fingerprint density at radius 2 is 0.947 bits per heavy atom. The van der Waals surface area contributed by atoms with E-state index in [0.29, 0.717) is 0 Å². The van der Waals surface area contributed by atoms with Gasteiger partial charge in [-0.1, -0.05) is 125 Å². The Kier molecular flexibility index (Phi) is 4.17. The molecule has 0 bridgehead atoms. The normalized spacial score (nSPS) is 15.8. The Morgan fingerprint density at radius 1 is 0.395 bits per heavy atom. The zero-order valence-corrected chi connectivity index (χ0v) is 22.4. The number of rotatable bonds is 1. The molecule has 0 N–H and O–H groups in total. The molecule has 2 aliphatic rings. The minimum absolute atomic E-state index is 0.0189. The maximum Gasteiger partial charge on any atom is 0.0159 e. The molecule has 0 unspecified atom stereocenters. The van der Waals surface area contributed by atoms with Gasteiger partial charge in [-0.25, -0.2) is 0 Å². The van der Waals surface area contributed by atoms with Crippen LogP contribution in [0.25, 0.3) is 54.9 Å². The van der Waals surface area contributed by atoms with Crippen molar-refractivity contribution in [3.8, 4) is 33.4 Å². The quantitative estimate of drug-likeness (QED) is 0.217. The third-order valence-electron chi connectivity index (χ3n) is 9.46. The van der Waals surface area contributed by atoms with Gasteiger partial charge in [0.15, 0.2) is 0 Å². The predicted octanol–water partition coefficient (Wildman–Crippen LogP) is 10.3. The predicted molar refractivity (Wildman–Crippen MR) is 162 cm³/mol. The molecular weight excluding hydrogens is 456 g/mol. The summed E-state index contributed by atoms with van der Waals surface area (Å²) in [4.78, 5) is 0. The SMILES string of the molecule is CC1(C)c2ccccc2-c2c1ccc1c3c(ccc21)C(C)(C)c1cc(-c2ccc4ccccc4c2)ccc1-3. The van der Waals surface area contributed by atoms with Crippen LogP contribution in [-0.4, -0.2) is 0 Å². The molecule has 182 valence electrons. The second kappa shape index (κ2) is 7.23. The van der Waals surface area contributed by atoms with E-state index < -0.39 is 0 Å². The summed E-state index contributed by atoms with van der Waals surface area (Å²) >= 11 is 0. The van der Waals surface area contributed by atoms with Crippen molar-refractivity contribution in [2.75, 3.05) is 0 Å². The monoisotopic (exact) mass is 486 g/mol. The fourth-order valence-corrected chi connectivity index (χ4v) is 7.39. The van der Waals surface area contributed by atoms with E-state index >= 15 is 0 Å². The van der Waals surface area contributed by atoms with Crippen molar-refractivity contribution in [3.63, 3.8) is 0 Å². The summed E-state index contributed by atoms with van der Waals surface area (Å²) in [5.41, 5.74) is 13.9. The molecule has 0 atom stereocenters. The standard InChI is InChI=1S/C38H30/c1-37(2)31-12-8-7-11-29(31)35-27-18-20-33-36(28(27)17-19-32(35)37)30-16-15-26(22-34(30)38(33,3)4)25-14-13-23-9-5-6-10-24(23)21-25/h5-22H,1-4H3. The summed E-state index contributed by atoms with van der Waals surface area (Å²) < 4.78 is 0. The molecule has 6 aromatic carbocycles. The first-order chi connectivity index (χ1) is 18.4. The second-order valence-electron chi connectivity index (χ2n) is 12.2. The lowest BCUT2D eigenvalue weighted by atomic mass is 9.80. The fraction of sp³-hybridized carbons (Fsp3) is 0.158. The maximum absolute atomic E-state index is 2.44. The Labute approximate surface area is 224 Å². The summed E-state index contributed by atoms with van der Waals surface area (Å²) in [6.07, 6.45) is 0. The van der Waals surface area contributed by atoms with E-state index in [4.69, 9.17) is 0 Å². The summed E-state index contributed by atoms with van der Waals surface area (Å²) in [7, 11) is 0. The molecule has 8 rings (SSSR count). The third kappa shape index (κ3) is 2.70. The summed E-state index contributed by atoms with van der Waals surface area (Å²) in [6.45, 7) is 9.51. The van der Waals surface area contributed by atoms with Gasteiger partial charge in [0.1, 0.15) is 0 Å². The molecule has 0 radical (unpaired) electrons. The molecule has 0 amide bonds. The average molecular weight is 487 g/mol. The molecule has 0 spiro atoms. The first kappa shape index (κ1) is 21.9. The zero-order valence-electron chi connectivity index (χ0n) is 22.4. The first-order valence-corrected chi connectivity index (χ1v) is 13.7. The van der Waals surface area contributed by atoms with Gasteiger partial charge in [0.2, 0.25) is 0 Å². The lowest BCUT2D eigenvalue weighted by molar-refractivity contribution is 0.660. The molecular formula is C38H30. The van der Waals surface area contributed by atoms with Crippen LogP contribution in [0.2, 0.25) is 0 Å². The summed E-state index contributed by atoms with van der Waals surface area (Å²) in [6, 6.07) is 41.1. The van der Waals surface area contributed by atoms with E-state index in [0.717, 1.165) is 0 Å². The first-order valence-electron chi connectivity index (χ1n) is 13.7. The average Bonchev–Trinajstić information content (AvgIpc) is 3.32. The van der Waals surface area contributed by atoms with E-state index in [1.165, 1.54) is 77.2 Å². The van der Waals surface area contributed by atoms with Gasteiger partial charge < -0.3 is 0 Å². The Hall–Kier alpha value is -4.16. The largest absolute Gasteiger partial charge is 0.0619 e. The molecule has 0 saturated carbocycles. The van der Waals surface area contributed by atoms with Crippen LogP contribution in [0.1, 0.15) is 49.9 Å². The lowest BCUT2D eigenvalue weighted by Gasteiger charge is -2.23. The van der Waals surface area contributed by atoms with Crippen LogP contribution in [0.5, 0.6) is 0 Å². The van der Waals surface area contributed by atoms with Crippen molar-refractivity contribution in [2.45, 2.75) is 38.5 Å². The molecule has 0 fully saturated rings. The van der Waals surface area contributed by atoms with Crippen LogP contribution in [0.3, 0.4) is 0 Å². The molecule has 2 aliphatic carbocycles. The van der Waals surface area contributed by atoms with Crippen molar-refractivity contribution in [2.24, 2.45) is 0 Å². The highest BCUT2D eigenvalue weighted by Crippen LogP contribution is 2.56. The van der Waals surface area contributed by atoms with E-state index in [9.17, 15) is 0 Å². The zero-order chi connectivity index (χ0) is 25.8. The van der Waals surface area contributed by atoms with Gasteiger partial charge in [0, 0.05) is 10.8 Å². The van der Waals surface area contributed by atoms with E-state index in [1.54, 1.807) is 0 Å². The van der Waals surface area contributed by atoms with E-state index in [-0.39, 0.29) is 10.8 Å². The molecule has 6 aromatic rings. The van der Waals surface area contributed by atoms with Crippen LogP contribution >= 0.6 is 0 Å². The minimum Gasteiger partial charge on any atom is -0.0619 e. The second-order valence-corrected chi connectivity index (χ2v) is 12.2. The highest BCUT2D eigenvalue weighted by molar-refractivity contribution is 6.10. The Morgan fingerprint density at radius 3 is 1.68 bits per heavy atom. The molecule has 0 heteroatoms. The van der Waals surface area contributed by atoms with Crippen LogP contribution in [0.15, 0.2) is 109 Å². The molecule has 0 aromatic heterocycles. The van der Waals surface area contributed by atoms with Gasteiger partial charge in [-0.2, -0.15) is 0 Å². The maximum atomic E-state index is 2.44. The highest BCUT2D eigenvalue weighted by Gasteiger charge is 2.39. The van der Waals surface area contributed by atoms with Crippen LogP contribution in [-0.2, 0) is 10.8 Å². The van der Waals surface area contributed by atoms with Crippen molar-refractivity contribution in [3.05, 3.63) is 131 Å². The summed E-state index contributed by atoms with van der Waals surface area (Å²) in [5.74, 6) is 0. The fourth-order valence-electron chi connectivity index (χ4n) is 7.39. The van der Waals surface area contributed by atoms with Crippen molar-refractivity contribution in [1.29, 1.82) is 0 Å². The van der Waals surface area contributed by atoms with Gasteiger partial charge >= 0.3 is 0 Å². The van der Waals surface area contributed by atoms with Gasteiger partial charge in [0.25, 0.3) is 0 Å². The van der Waals surface area contributed by atoms with Gasteiger partial charge in [0.05, 0.1) is 0 Å².